The lowest BCUT2D eigenvalue weighted by Crippen LogP contribution is -1.88. The van der Waals surface area contributed by atoms with Gasteiger partial charge in [0.15, 0.2) is 11.9 Å². The molecule has 0 bridgehead atoms. The Balaban J connectivity index is 2.33. The number of nitrogens with zero attached hydrogens (tertiary/aromatic N) is 3. The normalized spacial score (nSPS) is 10.6. The van der Waals surface area contributed by atoms with Crippen LogP contribution in [0.15, 0.2) is 48.8 Å². The van der Waals surface area contributed by atoms with Gasteiger partial charge in [0, 0.05) is 18.0 Å². The molecule has 0 radical (unpaired) electrons. The Morgan fingerprint density at radius 3 is 2.71 bits per heavy atom. The van der Waals surface area contributed by atoms with E-state index in [2.05, 4.69) is 10.1 Å². The predicted octanol–water partition coefficient (Wildman–Crippen LogP) is 2.21. The van der Waals surface area contributed by atoms with Crippen LogP contribution in [-0.2, 0) is 0 Å². The maximum atomic E-state index is 11.2. The zero-order chi connectivity index (χ0) is 11.7. The van der Waals surface area contributed by atoms with E-state index in [-0.39, 0.29) is 0 Å². The standard InChI is InChI=1S/C13H9N3O/c17-9-11-12(10-5-2-1-3-6-10)15-16-8-4-7-14-13(11)16/h1-9H. The second-order valence-electron chi connectivity index (χ2n) is 3.63. The highest BCUT2D eigenvalue weighted by Crippen LogP contribution is 2.23. The summed E-state index contributed by atoms with van der Waals surface area (Å²) < 4.78 is 1.62. The molecule has 3 aromatic rings. The fourth-order valence-corrected chi connectivity index (χ4v) is 1.82. The number of aromatic nitrogens is 3. The smallest absolute Gasteiger partial charge is 0.166 e. The summed E-state index contributed by atoms with van der Waals surface area (Å²) in [7, 11) is 0. The third-order valence-corrected chi connectivity index (χ3v) is 2.60. The molecule has 0 atom stereocenters. The molecule has 17 heavy (non-hydrogen) atoms. The molecule has 3 rings (SSSR count). The van der Waals surface area contributed by atoms with Gasteiger partial charge in [0.1, 0.15) is 5.69 Å². The minimum atomic E-state index is 0.525. The number of carbonyl (C=O) groups excluding carboxylic acids is 1. The number of benzene rings is 1. The molecule has 0 aliphatic carbocycles. The van der Waals surface area contributed by atoms with E-state index in [4.69, 9.17) is 0 Å². The van der Waals surface area contributed by atoms with Crippen LogP contribution in [0.25, 0.3) is 16.9 Å². The fraction of sp³-hybridized carbons (Fsp3) is 0. The first-order chi connectivity index (χ1) is 8.40. The highest BCUT2D eigenvalue weighted by atomic mass is 16.1. The van der Waals surface area contributed by atoms with Crippen LogP contribution >= 0.6 is 0 Å². The SMILES string of the molecule is O=Cc1c(-c2ccccc2)nn2cccnc12. The summed E-state index contributed by atoms with van der Waals surface area (Å²) in [6.07, 6.45) is 4.23. The number of hydrogen-bond acceptors (Lipinski definition) is 3. The lowest BCUT2D eigenvalue weighted by atomic mass is 10.1. The monoisotopic (exact) mass is 223 g/mol. The van der Waals surface area contributed by atoms with Crippen molar-refractivity contribution in [3.8, 4) is 11.3 Å². The van der Waals surface area contributed by atoms with E-state index in [0.29, 0.717) is 16.9 Å². The van der Waals surface area contributed by atoms with E-state index < -0.39 is 0 Å². The lowest BCUT2D eigenvalue weighted by Gasteiger charge is -1.95. The van der Waals surface area contributed by atoms with Crippen molar-refractivity contribution in [2.24, 2.45) is 0 Å². The molecule has 0 saturated carbocycles. The first kappa shape index (κ1) is 9.72. The van der Waals surface area contributed by atoms with Crippen LogP contribution in [0.4, 0.5) is 0 Å². The molecule has 1 aromatic carbocycles. The van der Waals surface area contributed by atoms with Gasteiger partial charge in [0.05, 0.1) is 5.56 Å². The summed E-state index contributed by atoms with van der Waals surface area (Å²) in [5.41, 5.74) is 2.69. The maximum absolute atomic E-state index is 11.2. The molecule has 0 fully saturated rings. The molecular formula is C13H9N3O. The largest absolute Gasteiger partial charge is 0.298 e. The number of hydrogen-bond donors (Lipinski definition) is 0. The quantitative estimate of drug-likeness (QED) is 0.626. The van der Waals surface area contributed by atoms with Crippen LogP contribution in [-0.4, -0.2) is 20.9 Å². The highest BCUT2D eigenvalue weighted by Gasteiger charge is 2.13. The number of aldehydes is 1. The number of rotatable bonds is 2. The summed E-state index contributed by atoms with van der Waals surface area (Å²) >= 11 is 0. The van der Waals surface area contributed by atoms with E-state index in [0.717, 1.165) is 11.8 Å². The molecule has 2 aromatic heterocycles. The van der Waals surface area contributed by atoms with Crippen molar-refractivity contribution in [2.45, 2.75) is 0 Å². The van der Waals surface area contributed by atoms with Crippen LogP contribution in [0, 0.1) is 0 Å². The van der Waals surface area contributed by atoms with Crippen molar-refractivity contribution in [3.05, 3.63) is 54.4 Å². The van der Waals surface area contributed by atoms with E-state index >= 15 is 0 Å². The van der Waals surface area contributed by atoms with Gasteiger partial charge in [-0.3, -0.25) is 4.79 Å². The molecule has 4 nitrogen and oxygen atoms in total. The fourth-order valence-electron chi connectivity index (χ4n) is 1.82. The van der Waals surface area contributed by atoms with Crippen molar-refractivity contribution in [1.82, 2.24) is 14.6 Å². The van der Waals surface area contributed by atoms with Crippen LogP contribution in [0.2, 0.25) is 0 Å². The Bertz CT molecular complexity index is 673. The average Bonchev–Trinajstić information content (AvgIpc) is 2.78. The molecule has 0 saturated heterocycles. The maximum Gasteiger partial charge on any atom is 0.166 e. The second kappa shape index (κ2) is 3.83. The topological polar surface area (TPSA) is 47.3 Å². The summed E-state index contributed by atoms with van der Waals surface area (Å²) in [5, 5.41) is 4.38. The first-order valence-electron chi connectivity index (χ1n) is 5.24. The lowest BCUT2D eigenvalue weighted by molar-refractivity contribution is 0.112. The van der Waals surface area contributed by atoms with Crippen molar-refractivity contribution >= 4 is 11.9 Å². The molecule has 0 aliphatic heterocycles. The van der Waals surface area contributed by atoms with Crippen LogP contribution < -0.4 is 0 Å². The van der Waals surface area contributed by atoms with Gasteiger partial charge in [0.25, 0.3) is 0 Å². The van der Waals surface area contributed by atoms with Crippen molar-refractivity contribution in [1.29, 1.82) is 0 Å². The molecule has 0 N–H and O–H groups in total. The summed E-state index contributed by atoms with van der Waals surface area (Å²) in [6, 6.07) is 11.4. The van der Waals surface area contributed by atoms with E-state index in [1.807, 2.05) is 30.3 Å². The van der Waals surface area contributed by atoms with Crippen LogP contribution in [0.3, 0.4) is 0 Å². The highest BCUT2D eigenvalue weighted by molar-refractivity contribution is 5.93. The van der Waals surface area contributed by atoms with Crippen molar-refractivity contribution in [2.75, 3.05) is 0 Å². The van der Waals surface area contributed by atoms with E-state index in [1.54, 1.807) is 23.0 Å². The Morgan fingerprint density at radius 1 is 1.12 bits per heavy atom. The molecule has 2 heterocycles. The molecule has 0 unspecified atom stereocenters. The second-order valence-corrected chi connectivity index (χ2v) is 3.63. The predicted molar refractivity (Wildman–Crippen MR) is 63.8 cm³/mol. The summed E-state index contributed by atoms with van der Waals surface area (Å²) in [6.45, 7) is 0. The Kier molecular flexibility index (Phi) is 2.19. The summed E-state index contributed by atoms with van der Waals surface area (Å²) in [5.74, 6) is 0. The molecule has 0 aliphatic rings. The zero-order valence-corrected chi connectivity index (χ0v) is 8.95. The van der Waals surface area contributed by atoms with Gasteiger partial charge in [0.2, 0.25) is 0 Å². The molecule has 0 spiro atoms. The van der Waals surface area contributed by atoms with Gasteiger partial charge in [-0.1, -0.05) is 30.3 Å². The van der Waals surface area contributed by atoms with Crippen molar-refractivity contribution in [3.63, 3.8) is 0 Å². The van der Waals surface area contributed by atoms with Gasteiger partial charge < -0.3 is 0 Å². The van der Waals surface area contributed by atoms with Crippen LogP contribution in [0.5, 0.6) is 0 Å². The van der Waals surface area contributed by atoms with Crippen molar-refractivity contribution < 1.29 is 4.79 Å². The number of carbonyl (C=O) groups is 1. The van der Waals surface area contributed by atoms with Gasteiger partial charge >= 0.3 is 0 Å². The Morgan fingerprint density at radius 2 is 1.94 bits per heavy atom. The third-order valence-electron chi connectivity index (χ3n) is 2.60. The van der Waals surface area contributed by atoms with Gasteiger partial charge in [-0.25, -0.2) is 9.50 Å². The number of fused-ring (bicyclic) bond motifs is 1. The van der Waals surface area contributed by atoms with Gasteiger partial charge in [-0.15, -0.1) is 0 Å². The average molecular weight is 223 g/mol. The van der Waals surface area contributed by atoms with E-state index in [9.17, 15) is 4.79 Å². The molecule has 82 valence electrons. The Labute approximate surface area is 97.5 Å². The molecular weight excluding hydrogens is 214 g/mol. The van der Waals surface area contributed by atoms with E-state index in [1.165, 1.54) is 0 Å². The first-order valence-corrected chi connectivity index (χ1v) is 5.24. The van der Waals surface area contributed by atoms with Crippen LogP contribution in [0.1, 0.15) is 10.4 Å². The third kappa shape index (κ3) is 1.50. The Hall–Kier alpha value is -2.49. The minimum absolute atomic E-state index is 0.525. The van der Waals surface area contributed by atoms with Gasteiger partial charge in [-0.2, -0.15) is 5.10 Å². The molecule has 4 heteroatoms. The zero-order valence-electron chi connectivity index (χ0n) is 8.95. The summed E-state index contributed by atoms with van der Waals surface area (Å²) in [4.78, 5) is 15.3. The molecule has 0 amide bonds. The van der Waals surface area contributed by atoms with Gasteiger partial charge in [-0.05, 0) is 6.07 Å². The minimum Gasteiger partial charge on any atom is -0.298 e.